The van der Waals surface area contributed by atoms with Crippen molar-refractivity contribution in [2.75, 3.05) is 0 Å². The number of carbonyl (C=O) groups excluding carboxylic acids is 2. The highest BCUT2D eigenvalue weighted by Gasteiger charge is 2.56. The molecule has 0 radical (unpaired) electrons. The Morgan fingerprint density at radius 3 is 2.13 bits per heavy atom. The van der Waals surface area contributed by atoms with E-state index in [1.54, 1.807) is 6.07 Å². The molecule has 1 saturated heterocycles. The number of hydrogen-bond donors (Lipinski definition) is 2. The van der Waals surface area contributed by atoms with Gasteiger partial charge in [0, 0.05) is 0 Å². The highest BCUT2D eigenvalue weighted by molar-refractivity contribution is 6.06. The van der Waals surface area contributed by atoms with E-state index >= 15 is 0 Å². The smallest absolute Gasteiger partial charge is 0.254 e. The summed E-state index contributed by atoms with van der Waals surface area (Å²) in [5.41, 5.74) is 0.497. The molecule has 3 aliphatic carbocycles. The van der Waals surface area contributed by atoms with Crippen LogP contribution in [-0.4, -0.2) is 33.3 Å². The van der Waals surface area contributed by atoms with Crippen molar-refractivity contribution >= 4 is 18.0 Å². The number of fused-ring (bicyclic) bond motifs is 1. The van der Waals surface area contributed by atoms with Crippen LogP contribution >= 0.6 is 0 Å². The zero-order valence-electron chi connectivity index (χ0n) is 12.3. The van der Waals surface area contributed by atoms with E-state index in [2.05, 4.69) is 17.3 Å². The molecule has 5 rings (SSSR count). The number of imide groups is 1. The van der Waals surface area contributed by atoms with Crippen molar-refractivity contribution in [1.82, 2.24) is 5.01 Å². The summed E-state index contributed by atoms with van der Waals surface area (Å²) in [7, 11) is 0. The van der Waals surface area contributed by atoms with Crippen LogP contribution in [0.4, 0.5) is 0 Å². The molecule has 2 fully saturated rings. The van der Waals surface area contributed by atoms with Crippen molar-refractivity contribution in [2.45, 2.75) is 12.8 Å². The molecule has 2 bridgehead atoms. The summed E-state index contributed by atoms with van der Waals surface area (Å²) in [6.45, 7) is 0. The van der Waals surface area contributed by atoms with Crippen LogP contribution in [0, 0.1) is 23.7 Å². The van der Waals surface area contributed by atoms with Crippen molar-refractivity contribution in [3.8, 4) is 11.5 Å². The molecule has 1 aromatic carbocycles. The average Bonchev–Trinajstić information content (AvgIpc) is 2.83. The van der Waals surface area contributed by atoms with Crippen LogP contribution in [-0.2, 0) is 9.59 Å². The summed E-state index contributed by atoms with van der Waals surface area (Å²) in [5.74, 6) is -1.27. The molecule has 0 spiro atoms. The molecule has 1 heterocycles. The molecule has 1 saturated carbocycles. The number of hydrazone groups is 1. The molecule has 2 amide bonds. The second-order valence-corrected chi connectivity index (χ2v) is 6.32. The largest absolute Gasteiger partial charge is 0.504 e. The number of nitrogens with zero attached hydrogens (tertiary/aromatic N) is 2. The zero-order valence-corrected chi connectivity index (χ0v) is 12.3. The minimum atomic E-state index is -0.281. The van der Waals surface area contributed by atoms with Gasteiger partial charge in [0.2, 0.25) is 0 Å². The third-order valence-electron chi connectivity index (χ3n) is 5.06. The molecule has 2 N–H and O–H groups in total. The zero-order chi connectivity index (χ0) is 16.1. The Morgan fingerprint density at radius 1 is 1.00 bits per heavy atom. The molecule has 0 unspecified atom stereocenters. The van der Waals surface area contributed by atoms with Gasteiger partial charge in [-0.3, -0.25) is 9.59 Å². The normalized spacial score (nSPS) is 32.1. The predicted octanol–water partition coefficient (Wildman–Crippen LogP) is 1.63. The summed E-state index contributed by atoms with van der Waals surface area (Å²) in [6, 6.07) is 4.19. The lowest BCUT2D eigenvalue weighted by atomic mass is 9.63. The van der Waals surface area contributed by atoms with Crippen LogP contribution in [0.15, 0.2) is 35.5 Å². The minimum absolute atomic E-state index is 0.138. The lowest BCUT2D eigenvalue weighted by Crippen LogP contribution is -2.38. The second kappa shape index (κ2) is 4.94. The molecule has 4 atom stereocenters. The maximum atomic E-state index is 12.6. The maximum Gasteiger partial charge on any atom is 0.254 e. The van der Waals surface area contributed by atoms with E-state index < -0.39 is 0 Å². The number of benzene rings is 1. The Labute approximate surface area is 132 Å². The van der Waals surface area contributed by atoms with Crippen molar-refractivity contribution in [3.05, 3.63) is 35.9 Å². The molecule has 1 aromatic rings. The Balaban J connectivity index is 1.60. The van der Waals surface area contributed by atoms with Gasteiger partial charge in [-0.15, -0.1) is 0 Å². The fourth-order valence-corrected chi connectivity index (χ4v) is 3.92. The topological polar surface area (TPSA) is 90.2 Å². The van der Waals surface area contributed by atoms with E-state index in [1.807, 2.05) is 0 Å². The summed E-state index contributed by atoms with van der Waals surface area (Å²) in [4.78, 5) is 25.1. The number of allylic oxidation sites excluding steroid dienone is 2. The van der Waals surface area contributed by atoms with Crippen molar-refractivity contribution in [2.24, 2.45) is 28.8 Å². The maximum absolute atomic E-state index is 12.6. The number of hydrogen-bond acceptors (Lipinski definition) is 5. The molecule has 4 aliphatic rings. The predicted molar refractivity (Wildman–Crippen MR) is 81.6 cm³/mol. The Hall–Kier alpha value is -2.63. The number of rotatable bonds is 2. The molecule has 6 nitrogen and oxygen atoms in total. The Bertz CT molecular complexity index is 723. The third-order valence-corrected chi connectivity index (χ3v) is 5.06. The number of amides is 2. The number of phenols is 2. The van der Waals surface area contributed by atoms with Crippen LogP contribution in [0.2, 0.25) is 0 Å². The first-order valence-electron chi connectivity index (χ1n) is 7.68. The Morgan fingerprint density at radius 2 is 1.61 bits per heavy atom. The molecule has 23 heavy (non-hydrogen) atoms. The number of carbonyl (C=O) groups is 2. The van der Waals surface area contributed by atoms with Crippen LogP contribution in [0.3, 0.4) is 0 Å². The van der Waals surface area contributed by atoms with Gasteiger partial charge >= 0.3 is 0 Å². The van der Waals surface area contributed by atoms with Crippen LogP contribution in [0.5, 0.6) is 11.5 Å². The first-order valence-corrected chi connectivity index (χ1v) is 7.68. The van der Waals surface area contributed by atoms with Gasteiger partial charge < -0.3 is 10.2 Å². The fraction of sp³-hybridized carbons (Fsp3) is 0.353. The summed E-state index contributed by atoms with van der Waals surface area (Å²) < 4.78 is 0. The first kappa shape index (κ1) is 14.0. The molecular formula is C17H16N2O4. The molecular weight excluding hydrogens is 296 g/mol. The van der Waals surface area contributed by atoms with E-state index in [-0.39, 0.29) is 47.0 Å². The van der Waals surface area contributed by atoms with Crippen LogP contribution < -0.4 is 0 Å². The van der Waals surface area contributed by atoms with Crippen LogP contribution in [0.25, 0.3) is 0 Å². The third kappa shape index (κ3) is 2.05. The number of phenolic OH excluding ortho intramolecular Hbond substituents is 2. The van der Waals surface area contributed by atoms with Gasteiger partial charge in [0.05, 0.1) is 18.1 Å². The lowest BCUT2D eigenvalue weighted by Gasteiger charge is -2.37. The summed E-state index contributed by atoms with van der Waals surface area (Å²) in [5, 5.41) is 23.8. The fourth-order valence-electron chi connectivity index (χ4n) is 3.92. The summed E-state index contributed by atoms with van der Waals surface area (Å²) >= 11 is 0. The van der Waals surface area contributed by atoms with Crippen molar-refractivity contribution < 1.29 is 19.8 Å². The van der Waals surface area contributed by atoms with E-state index in [4.69, 9.17) is 0 Å². The molecule has 0 aromatic heterocycles. The lowest BCUT2D eigenvalue weighted by molar-refractivity contribution is -0.140. The van der Waals surface area contributed by atoms with Crippen LogP contribution in [0.1, 0.15) is 18.4 Å². The summed E-state index contributed by atoms with van der Waals surface area (Å²) in [6.07, 6.45) is 7.37. The van der Waals surface area contributed by atoms with E-state index in [9.17, 15) is 19.8 Å². The SMILES string of the molecule is O=C1[C@@H]2[C@@H](C(=O)N1/N=C\c1ccc(O)c(O)c1)[C@H]1C=C[C@H]2CC1. The van der Waals surface area contributed by atoms with Gasteiger partial charge in [0.25, 0.3) is 11.8 Å². The standard InChI is InChI=1S/C17H16N2O4/c20-12-6-1-9(7-13(12)21)8-18-19-16(22)14-10-2-3-11(5-4-10)15(14)17(19)23/h1-3,6-8,10-11,14-15,20-21H,4-5H2/b18-8-/t10-,11-,14-,15-/m0/s1. The van der Waals surface area contributed by atoms with E-state index in [1.165, 1.54) is 18.3 Å². The molecule has 118 valence electrons. The highest BCUT2D eigenvalue weighted by atomic mass is 16.3. The quantitative estimate of drug-likeness (QED) is 0.376. The Kier molecular flexibility index (Phi) is 3.01. The van der Waals surface area contributed by atoms with Gasteiger partial charge in [0.1, 0.15) is 0 Å². The monoisotopic (exact) mass is 312 g/mol. The van der Waals surface area contributed by atoms with Gasteiger partial charge in [-0.2, -0.15) is 10.1 Å². The molecule has 6 heteroatoms. The van der Waals surface area contributed by atoms with Crippen molar-refractivity contribution in [1.29, 1.82) is 0 Å². The van der Waals surface area contributed by atoms with Gasteiger partial charge in [-0.25, -0.2) is 0 Å². The van der Waals surface area contributed by atoms with Gasteiger partial charge in [-0.05, 0) is 48.4 Å². The van der Waals surface area contributed by atoms with Crippen molar-refractivity contribution in [3.63, 3.8) is 0 Å². The van der Waals surface area contributed by atoms with E-state index in [0.717, 1.165) is 17.9 Å². The molecule has 1 aliphatic heterocycles. The van der Waals surface area contributed by atoms with Gasteiger partial charge in [0.15, 0.2) is 11.5 Å². The van der Waals surface area contributed by atoms with Gasteiger partial charge in [-0.1, -0.05) is 12.2 Å². The first-order chi connectivity index (χ1) is 11.1. The minimum Gasteiger partial charge on any atom is -0.504 e. The average molecular weight is 312 g/mol. The number of aromatic hydroxyl groups is 2. The highest BCUT2D eigenvalue weighted by Crippen LogP contribution is 2.49. The second-order valence-electron chi connectivity index (χ2n) is 6.32. The van der Waals surface area contributed by atoms with E-state index in [0.29, 0.717) is 5.56 Å².